The van der Waals surface area contributed by atoms with Crippen molar-refractivity contribution in [1.29, 1.82) is 5.26 Å². The van der Waals surface area contributed by atoms with E-state index in [4.69, 9.17) is 4.74 Å². The van der Waals surface area contributed by atoms with E-state index in [1.54, 1.807) is 39.0 Å². The van der Waals surface area contributed by atoms with Crippen molar-refractivity contribution in [3.8, 4) is 11.9 Å². The maximum Gasteiger partial charge on any atom is 0.251 e. The van der Waals surface area contributed by atoms with Gasteiger partial charge < -0.3 is 10.1 Å². The Hall–Kier alpha value is -4.04. The molecule has 11 heteroatoms. The van der Waals surface area contributed by atoms with Gasteiger partial charge in [-0.05, 0) is 56.7 Å². The molecule has 2 unspecified atom stereocenters. The molecule has 42 heavy (non-hydrogen) atoms. The summed E-state index contributed by atoms with van der Waals surface area (Å²) in [6, 6.07) is 18.6. The normalized spacial score (nSPS) is 18.1. The third-order valence-electron chi connectivity index (χ3n) is 7.01. The Bertz CT molecular complexity index is 1680. The molecule has 1 fully saturated rings. The Labute approximate surface area is 245 Å². The number of anilines is 2. The highest BCUT2D eigenvalue weighted by Crippen LogP contribution is 2.47. The summed E-state index contributed by atoms with van der Waals surface area (Å²) in [5, 5.41) is 17.9. The average Bonchev–Trinajstić information content (AvgIpc) is 3.49. The van der Waals surface area contributed by atoms with Gasteiger partial charge in [0, 0.05) is 24.7 Å². The van der Waals surface area contributed by atoms with Crippen molar-refractivity contribution < 1.29 is 21.9 Å². The first-order chi connectivity index (χ1) is 19.9. The molecule has 0 amide bonds. The molecule has 4 aromatic rings. The van der Waals surface area contributed by atoms with E-state index < -0.39 is 45.3 Å². The molecule has 2 aromatic carbocycles. The second-order valence-corrected chi connectivity index (χ2v) is 13.6. The van der Waals surface area contributed by atoms with E-state index in [9.17, 15) is 22.5 Å². The molecule has 1 saturated carbocycles. The highest BCUT2D eigenvalue weighted by Gasteiger charge is 2.48. The highest BCUT2D eigenvalue weighted by atomic mass is 32.2. The minimum Gasteiger partial charge on any atom is -0.472 e. The Morgan fingerprint density at radius 3 is 2.36 bits per heavy atom. The van der Waals surface area contributed by atoms with Crippen molar-refractivity contribution >= 4 is 32.2 Å². The van der Waals surface area contributed by atoms with Gasteiger partial charge in [-0.15, -0.1) is 0 Å². The fourth-order valence-corrected chi connectivity index (χ4v) is 6.02. The molecule has 2 atom stereocenters. The van der Waals surface area contributed by atoms with Gasteiger partial charge in [-0.1, -0.05) is 44.2 Å². The number of hydrogen-bond acceptors (Lipinski definition) is 7. The number of benzene rings is 2. The van der Waals surface area contributed by atoms with Gasteiger partial charge in [0.05, 0.1) is 33.2 Å². The summed E-state index contributed by atoms with van der Waals surface area (Å²) in [5.74, 6) is -3.36. The SMILES string of the molecule is CC.CC(C)(C)S(=O)(=O)c1ccc(Nc2nn(C3CC(F)(F)CC3C#N)c3ccnc(OCc4ccccc4)c23)cc1. The standard InChI is InChI=1S/C29H29F2N5O3S.C2H6/c1-28(2,3)40(37,38)22-11-9-21(10-12-22)34-26-25-23(36(35-26)24-16-29(30,31)15-20(24)17-32)13-14-33-27(25)39-18-19-7-5-4-6-8-19;1-2/h4-14,20,24H,15-16,18H2,1-3H3,(H,34,35);1-2H3. The van der Waals surface area contributed by atoms with Crippen molar-refractivity contribution in [2.75, 3.05) is 5.32 Å². The molecule has 0 radical (unpaired) electrons. The summed E-state index contributed by atoms with van der Waals surface area (Å²) >= 11 is 0. The van der Waals surface area contributed by atoms with Gasteiger partial charge >= 0.3 is 0 Å². The number of fused-ring (bicyclic) bond motifs is 1. The molecule has 222 valence electrons. The smallest absolute Gasteiger partial charge is 0.251 e. The zero-order valence-corrected chi connectivity index (χ0v) is 25.1. The Morgan fingerprint density at radius 1 is 1.07 bits per heavy atom. The molecule has 8 nitrogen and oxygen atoms in total. The van der Waals surface area contributed by atoms with E-state index >= 15 is 0 Å². The lowest BCUT2D eigenvalue weighted by atomic mass is 10.1. The van der Waals surface area contributed by atoms with Crippen LogP contribution in [0.5, 0.6) is 5.88 Å². The molecule has 5 rings (SSSR count). The number of nitrogens with one attached hydrogen (secondary N) is 1. The first-order valence-electron chi connectivity index (χ1n) is 13.8. The molecule has 0 bridgehead atoms. The number of alkyl halides is 2. The zero-order valence-electron chi connectivity index (χ0n) is 24.3. The van der Waals surface area contributed by atoms with Crippen molar-refractivity contribution in [3.63, 3.8) is 0 Å². The van der Waals surface area contributed by atoms with Crippen LogP contribution in [0.15, 0.2) is 71.8 Å². The fraction of sp³-hybridized carbons (Fsp3) is 0.387. The second kappa shape index (κ2) is 12.1. The lowest BCUT2D eigenvalue weighted by Gasteiger charge is -2.19. The number of rotatable bonds is 7. The first kappa shape index (κ1) is 30.9. The quantitative estimate of drug-likeness (QED) is 0.236. The number of ether oxygens (including phenoxy) is 1. The van der Waals surface area contributed by atoms with Gasteiger partial charge in [0.1, 0.15) is 12.0 Å². The largest absolute Gasteiger partial charge is 0.472 e. The van der Waals surface area contributed by atoms with Crippen LogP contribution in [-0.2, 0) is 16.4 Å². The lowest BCUT2D eigenvalue weighted by molar-refractivity contribution is 0.00392. The number of halogens is 2. The Balaban J connectivity index is 0.00000198. The summed E-state index contributed by atoms with van der Waals surface area (Å²) in [6.07, 6.45) is 0.471. The van der Waals surface area contributed by atoms with Crippen LogP contribution in [0.1, 0.15) is 59.1 Å². The molecule has 0 spiro atoms. The van der Waals surface area contributed by atoms with Crippen LogP contribution in [0, 0.1) is 17.2 Å². The molecule has 1 aliphatic carbocycles. The van der Waals surface area contributed by atoms with Crippen LogP contribution >= 0.6 is 0 Å². The summed E-state index contributed by atoms with van der Waals surface area (Å²) in [6.45, 7) is 9.13. The van der Waals surface area contributed by atoms with Crippen molar-refractivity contribution in [1.82, 2.24) is 14.8 Å². The van der Waals surface area contributed by atoms with Crippen LogP contribution in [-0.4, -0.2) is 33.9 Å². The van der Waals surface area contributed by atoms with E-state index in [2.05, 4.69) is 15.4 Å². The van der Waals surface area contributed by atoms with Gasteiger partial charge in [-0.2, -0.15) is 10.4 Å². The highest BCUT2D eigenvalue weighted by molar-refractivity contribution is 7.92. The maximum atomic E-state index is 14.4. The molecular formula is C31H35F2N5O3S. The van der Waals surface area contributed by atoms with Gasteiger partial charge in [0.25, 0.3) is 5.92 Å². The number of nitrogens with zero attached hydrogens (tertiary/aromatic N) is 4. The topological polar surface area (TPSA) is 110 Å². The van der Waals surface area contributed by atoms with Gasteiger partial charge in [0.2, 0.25) is 5.88 Å². The summed E-state index contributed by atoms with van der Waals surface area (Å²) in [7, 11) is -3.55. The summed E-state index contributed by atoms with van der Waals surface area (Å²) in [4.78, 5) is 4.58. The van der Waals surface area contributed by atoms with Crippen molar-refractivity contribution in [3.05, 3.63) is 72.4 Å². The van der Waals surface area contributed by atoms with Gasteiger partial charge in [0.15, 0.2) is 15.7 Å². The Morgan fingerprint density at radius 2 is 1.74 bits per heavy atom. The number of pyridine rings is 1. The fourth-order valence-electron chi connectivity index (χ4n) is 4.82. The molecule has 2 aromatic heterocycles. The molecule has 0 aliphatic heterocycles. The predicted octanol–water partition coefficient (Wildman–Crippen LogP) is 7.46. The minimum absolute atomic E-state index is 0.180. The Kier molecular flexibility index (Phi) is 8.87. The summed E-state index contributed by atoms with van der Waals surface area (Å²) in [5.41, 5.74) is 1.94. The number of nitriles is 1. The van der Waals surface area contributed by atoms with Gasteiger partial charge in [-0.3, -0.25) is 4.68 Å². The third kappa shape index (κ3) is 6.23. The van der Waals surface area contributed by atoms with E-state index in [1.807, 2.05) is 50.2 Å². The molecule has 0 saturated heterocycles. The zero-order chi connectivity index (χ0) is 30.7. The average molecular weight is 596 g/mol. The van der Waals surface area contributed by atoms with E-state index in [1.165, 1.54) is 23.0 Å². The lowest BCUT2D eigenvalue weighted by Crippen LogP contribution is -2.27. The number of aromatic nitrogens is 3. The van der Waals surface area contributed by atoms with Crippen LogP contribution in [0.25, 0.3) is 10.9 Å². The second-order valence-electron chi connectivity index (χ2n) is 10.9. The third-order valence-corrected chi connectivity index (χ3v) is 9.51. The van der Waals surface area contributed by atoms with Crippen molar-refractivity contribution in [2.45, 2.75) is 75.7 Å². The van der Waals surface area contributed by atoms with Crippen LogP contribution < -0.4 is 10.1 Å². The van der Waals surface area contributed by atoms with Crippen LogP contribution in [0.2, 0.25) is 0 Å². The monoisotopic (exact) mass is 595 g/mol. The predicted molar refractivity (Wildman–Crippen MR) is 159 cm³/mol. The first-order valence-corrected chi connectivity index (χ1v) is 15.3. The van der Waals surface area contributed by atoms with E-state index in [0.29, 0.717) is 22.4 Å². The van der Waals surface area contributed by atoms with Gasteiger partial charge in [-0.25, -0.2) is 22.2 Å². The van der Waals surface area contributed by atoms with Crippen LogP contribution in [0.3, 0.4) is 0 Å². The van der Waals surface area contributed by atoms with Crippen molar-refractivity contribution in [2.24, 2.45) is 5.92 Å². The number of hydrogen-bond donors (Lipinski definition) is 1. The van der Waals surface area contributed by atoms with Crippen LogP contribution in [0.4, 0.5) is 20.3 Å². The maximum absolute atomic E-state index is 14.4. The van der Waals surface area contributed by atoms with E-state index in [0.717, 1.165) is 5.56 Å². The molecule has 2 heterocycles. The molecule has 1 N–H and O–H groups in total. The molecular weight excluding hydrogens is 560 g/mol. The molecule has 1 aliphatic rings. The van der Waals surface area contributed by atoms with E-state index in [-0.39, 0.29) is 17.4 Å². The summed E-state index contributed by atoms with van der Waals surface area (Å²) < 4.78 is 61.0. The minimum atomic E-state index is -3.55. The number of sulfone groups is 1.